The van der Waals surface area contributed by atoms with Gasteiger partial charge >= 0.3 is 18.1 Å². The summed E-state index contributed by atoms with van der Waals surface area (Å²) in [5, 5.41) is 0. The first-order valence-electron chi connectivity index (χ1n) is 16.1. The van der Waals surface area contributed by atoms with E-state index in [0.717, 1.165) is 63.4 Å². The molecular weight excluding hydrogens is 585 g/mol. The third-order valence-electron chi connectivity index (χ3n) is 8.07. The molecule has 248 valence electrons. The molecule has 0 aliphatic heterocycles. The van der Waals surface area contributed by atoms with Gasteiger partial charge in [0, 0.05) is 17.5 Å². The number of halogens is 3. The van der Waals surface area contributed by atoms with Gasteiger partial charge in [0.1, 0.15) is 5.75 Å². The number of nitrogen functional groups attached to an aromatic ring is 2. The van der Waals surface area contributed by atoms with E-state index in [1.54, 1.807) is 36.4 Å². The van der Waals surface area contributed by atoms with Crippen molar-refractivity contribution in [3.63, 3.8) is 0 Å². The molecule has 0 unspecified atom stereocenters. The molecule has 3 rings (SSSR count). The number of unbranched alkanes of at least 4 members (excludes halogenated alkanes) is 8. The van der Waals surface area contributed by atoms with Crippen molar-refractivity contribution in [3.8, 4) is 5.75 Å². The van der Waals surface area contributed by atoms with E-state index in [1.165, 1.54) is 6.08 Å². The van der Waals surface area contributed by atoms with Crippen LogP contribution in [0, 0.1) is 11.8 Å². The van der Waals surface area contributed by atoms with Crippen molar-refractivity contribution in [2.24, 2.45) is 11.8 Å². The molecule has 0 spiro atoms. The molecule has 1 saturated carbocycles. The summed E-state index contributed by atoms with van der Waals surface area (Å²) in [4.78, 5) is 24.1. The number of benzene rings is 2. The summed E-state index contributed by atoms with van der Waals surface area (Å²) in [6.45, 7) is 1.18. The van der Waals surface area contributed by atoms with Crippen molar-refractivity contribution < 1.29 is 37.0 Å². The van der Waals surface area contributed by atoms with Crippen molar-refractivity contribution in [1.29, 1.82) is 0 Å². The molecule has 0 saturated heterocycles. The minimum absolute atomic E-state index is 0.142. The first-order chi connectivity index (χ1) is 21.6. The largest absolute Gasteiger partial charge is 0.493 e. The van der Waals surface area contributed by atoms with Crippen LogP contribution in [0.5, 0.6) is 5.75 Å². The van der Waals surface area contributed by atoms with Crippen LogP contribution in [0.25, 0.3) is 6.08 Å². The molecule has 1 aliphatic carbocycles. The quantitative estimate of drug-likeness (QED) is 0.0733. The van der Waals surface area contributed by atoms with Crippen LogP contribution in [0.4, 0.5) is 24.5 Å². The molecule has 1 aliphatic rings. The second-order valence-corrected chi connectivity index (χ2v) is 11.8. The topological polar surface area (TPSA) is 114 Å². The number of alkyl halides is 3. The fourth-order valence-corrected chi connectivity index (χ4v) is 5.42. The highest BCUT2D eigenvalue weighted by Crippen LogP contribution is 2.39. The van der Waals surface area contributed by atoms with Crippen molar-refractivity contribution >= 4 is 29.4 Å². The molecule has 0 atom stereocenters. The summed E-state index contributed by atoms with van der Waals surface area (Å²) in [6.07, 6.45) is 9.68. The highest BCUT2D eigenvalue weighted by molar-refractivity contribution is 5.91. The number of rotatable bonds is 18. The number of esters is 2. The standard InChI is InChI=1S/C35H47F3N2O5/c36-35(37,38)29-15-10-27(11-16-29)25-45-32-17-12-26(13-18-32)14-19-33(41)43-20-8-6-4-2-1-3-5-7-9-21-44-34(42)28-22-30(39)24-31(40)23-28/h12-14,17-19,22-24,27,29H,1-11,15-16,20-21,25,39-40H2. The zero-order valence-electron chi connectivity index (χ0n) is 26.0. The Morgan fingerprint density at radius 1 is 0.756 bits per heavy atom. The molecule has 10 heteroatoms. The van der Waals surface area contributed by atoms with Gasteiger partial charge in [-0.25, -0.2) is 9.59 Å². The van der Waals surface area contributed by atoms with Gasteiger partial charge in [-0.1, -0.05) is 57.1 Å². The number of carbonyl (C=O) groups is 2. The van der Waals surface area contributed by atoms with Gasteiger partial charge in [-0.3, -0.25) is 0 Å². The maximum Gasteiger partial charge on any atom is 0.391 e. The molecule has 1 fully saturated rings. The van der Waals surface area contributed by atoms with Gasteiger partial charge in [0.25, 0.3) is 0 Å². The summed E-state index contributed by atoms with van der Waals surface area (Å²) in [5.74, 6) is -1.17. The second-order valence-electron chi connectivity index (χ2n) is 11.8. The molecule has 7 nitrogen and oxygen atoms in total. The third-order valence-corrected chi connectivity index (χ3v) is 8.07. The van der Waals surface area contributed by atoms with Gasteiger partial charge in [-0.2, -0.15) is 13.2 Å². The lowest BCUT2D eigenvalue weighted by atomic mass is 9.82. The number of ether oxygens (including phenoxy) is 3. The number of nitrogens with two attached hydrogens (primary N) is 2. The summed E-state index contributed by atoms with van der Waals surface area (Å²) < 4.78 is 54.8. The Balaban J connectivity index is 1.13. The molecule has 2 aromatic rings. The Morgan fingerprint density at radius 3 is 1.84 bits per heavy atom. The van der Waals surface area contributed by atoms with Crippen molar-refractivity contribution in [2.45, 2.75) is 89.6 Å². The van der Waals surface area contributed by atoms with E-state index in [9.17, 15) is 22.8 Å². The van der Waals surface area contributed by atoms with Crippen molar-refractivity contribution in [2.75, 3.05) is 31.3 Å². The maximum atomic E-state index is 12.8. The van der Waals surface area contributed by atoms with Gasteiger partial charge in [-0.15, -0.1) is 0 Å². The Morgan fingerprint density at radius 2 is 1.29 bits per heavy atom. The monoisotopic (exact) mass is 632 g/mol. The van der Waals surface area contributed by atoms with Crippen LogP contribution in [0.3, 0.4) is 0 Å². The van der Waals surface area contributed by atoms with Crippen LogP contribution < -0.4 is 16.2 Å². The second kappa shape index (κ2) is 19.0. The highest BCUT2D eigenvalue weighted by atomic mass is 19.4. The molecule has 0 radical (unpaired) electrons. The van der Waals surface area contributed by atoms with E-state index in [-0.39, 0.29) is 24.7 Å². The number of anilines is 2. The minimum atomic E-state index is -4.09. The molecule has 45 heavy (non-hydrogen) atoms. The van der Waals surface area contributed by atoms with E-state index >= 15 is 0 Å². The predicted octanol–water partition coefficient (Wildman–Crippen LogP) is 8.52. The Kier molecular flexibility index (Phi) is 15.1. The van der Waals surface area contributed by atoms with Crippen LogP contribution in [0.1, 0.15) is 99.4 Å². The molecule has 2 aromatic carbocycles. The molecule has 0 amide bonds. The van der Waals surface area contributed by atoms with Gasteiger partial charge < -0.3 is 25.7 Å². The summed E-state index contributed by atoms with van der Waals surface area (Å²) >= 11 is 0. The van der Waals surface area contributed by atoms with Crippen molar-refractivity contribution in [3.05, 3.63) is 59.7 Å². The predicted molar refractivity (Wildman–Crippen MR) is 171 cm³/mol. The van der Waals surface area contributed by atoms with Crippen LogP contribution in [0.15, 0.2) is 48.5 Å². The van der Waals surface area contributed by atoms with E-state index in [1.807, 2.05) is 12.1 Å². The van der Waals surface area contributed by atoms with Crippen LogP contribution in [-0.2, 0) is 14.3 Å². The average Bonchev–Trinajstić information content (AvgIpc) is 3.01. The maximum absolute atomic E-state index is 12.8. The first kappa shape index (κ1) is 35.8. The van der Waals surface area contributed by atoms with Crippen LogP contribution in [0.2, 0.25) is 0 Å². The van der Waals surface area contributed by atoms with E-state index in [4.69, 9.17) is 25.7 Å². The Bertz CT molecular complexity index is 1190. The fraction of sp³-hybridized carbons (Fsp3) is 0.543. The zero-order chi connectivity index (χ0) is 32.5. The fourth-order valence-electron chi connectivity index (χ4n) is 5.42. The smallest absolute Gasteiger partial charge is 0.391 e. The zero-order valence-corrected chi connectivity index (χ0v) is 26.0. The van der Waals surface area contributed by atoms with E-state index < -0.39 is 18.1 Å². The van der Waals surface area contributed by atoms with Crippen LogP contribution >= 0.6 is 0 Å². The SMILES string of the molecule is Nc1cc(N)cc(C(=O)OCCCCCCCCCCCOC(=O)C=Cc2ccc(OCC3CCC(C(F)(F)F)CC3)cc2)c1. The Hall–Kier alpha value is -3.69. The number of carbonyl (C=O) groups excluding carboxylic acids is 2. The van der Waals surface area contributed by atoms with Gasteiger partial charge in [-0.05, 0) is 86.4 Å². The lowest BCUT2D eigenvalue weighted by Crippen LogP contribution is -2.29. The van der Waals surface area contributed by atoms with E-state index in [0.29, 0.717) is 55.4 Å². The summed E-state index contributed by atoms with van der Waals surface area (Å²) in [6, 6.07) is 12.0. The molecule has 0 aromatic heterocycles. The molecule has 0 heterocycles. The Labute approximate surface area is 264 Å². The molecule has 0 bridgehead atoms. The average molecular weight is 633 g/mol. The minimum Gasteiger partial charge on any atom is -0.493 e. The lowest BCUT2D eigenvalue weighted by molar-refractivity contribution is -0.184. The van der Waals surface area contributed by atoms with Gasteiger partial charge in [0.05, 0.1) is 31.3 Å². The summed E-state index contributed by atoms with van der Waals surface area (Å²) in [7, 11) is 0. The van der Waals surface area contributed by atoms with Gasteiger partial charge in [0.15, 0.2) is 0 Å². The van der Waals surface area contributed by atoms with E-state index in [2.05, 4.69) is 0 Å². The lowest BCUT2D eigenvalue weighted by Gasteiger charge is -2.29. The molecule has 4 N–H and O–H groups in total. The van der Waals surface area contributed by atoms with Gasteiger partial charge in [0.2, 0.25) is 0 Å². The normalized spacial score (nSPS) is 16.9. The summed E-state index contributed by atoms with van der Waals surface area (Å²) in [5.41, 5.74) is 13.5. The van der Waals surface area contributed by atoms with Crippen molar-refractivity contribution in [1.82, 2.24) is 0 Å². The highest BCUT2D eigenvalue weighted by Gasteiger charge is 2.41. The third kappa shape index (κ3) is 14.3. The van der Waals surface area contributed by atoms with Crippen LogP contribution in [-0.4, -0.2) is 37.9 Å². The first-order valence-corrected chi connectivity index (χ1v) is 16.1. The number of hydrogen-bond donors (Lipinski definition) is 2. The number of hydrogen-bond acceptors (Lipinski definition) is 7. The molecular formula is C35H47F3N2O5.